The molecule has 0 unspecified atom stereocenters. The zero-order chi connectivity index (χ0) is 16.1. The van der Waals surface area contributed by atoms with Crippen LogP contribution in [-0.2, 0) is 0 Å². The lowest BCUT2D eigenvalue weighted by atomic mass is 10.1. The molecule has 8 nitrogen and oxygen atoms in total. The summed E-state index contributed by atoms with van der Waals surface area (Å²) in [5, 5.41) is 10.9. The lowest BCUT2D eigenvalue weighted by Gasteiger charge is -2.06. The maximum atomic E-state index is 11.5. The first kappa shape index (κ1) is 15.2. The molecule has 0 aliphatic rings. The van der Waals surface area contributed by atoms with Crippen LogP contribution in [0.5, 0.6) is 5.75 Å². The molecule has 2 rings (SSSR count). The van der Waals surface area contributed by atoms with Crippen LogP contribution in [0.2, 0.25) is 0 Å². The maximum Gasteiger partial charge on any atom is 0.357 e. The molecule has 114 valence electrons. The molecule has 0 aliphatic carbocycles. The van der Waals surface area contributed by atoms with Gasteiger partial charge < -0.3 is 9.72 Å². The molecule has 0 fully saturated rings. The van der Waals surface area contributed by atoms with Gasteiger partial charge in [0.05, 0.1) is 11.5 Å². The van der Waals surface area contributed by atoms with Crippen LogP contribution >= 0.6 is 0 Å². The smallest absolute Gasteiger partial charge is 0.357 e. The second-order valence-corrected chi connectivity index (χ2v) is 4.23. The van der Waals surface area contributed by atoms with Crippen molar-refractivity contribution in [2.45, 2.75) is 6.92 Å². The summed E-state index contributed by atoms with van der Waals surface area (Å²) in [4.78, 5) is 36.9. The summed E-state index contributed by atoms with van der Waals surface area (Å²) < 4.78 is 5.43. The number of H-pyrrole nitrogens is 2. The molecular weight excluding hydrogens is 290 g/mol. The van der Waals surface area contributed by atoms with Gasteiger partial charge in [-0.2, -0.15) is 0 Å². The Bertz CT molecular complexity index is 835. The number of rotatable bonds is 5. The molecule has 1 aromatic heterocycles. The third kappa shape index (κ3) is 3.29. The monoisotopic (exact) mass is 303 g/mol. The van der Waals surface area contributed by atoms with Crippen LogP contribution in [-0.4, -0.2) is 21.5 Å². The predicted molar refractivity (Wildman–Crippen MR) is 80.9 cm³/mol. The van der Waals surface area contributed by atoms with Crippen molar-refractivity contribution >= 4 is 17.8 Å². The number of aromatic nitrogens is 2. The Labute approximate surface area is 124 Å². The molecule has 0 saturated carbocycles. The van der Waals surface area contributed by atoms with Gasteiger partial charge in [-0.25, -0.2) is 4.79 Å². The molecule has 0 radical (unpaired) electrons. The Balaban J connectivity index is 2.49. The van der Waals surface area contributed by atoms with Gasteiger partial charge in [-0.15, -0.1) is 0 Å². The van der Waals surface area contributed by atoms with E-state index in [0.29, 0.717) is 17.9 Å². The lowest BCUT2D eigenvalue weighted by Crippen LogP contribution is -2.25. The van der Waals surface area contributed by atoms with Gasteiger partial charge in [0.25, 0.3) is 0 Å². The minimum Gasteiger partial charge on any atom is -0.493 e. The number of aromatic amines is 2. The highest BCUT2D eigenvalue weighted by atomic mass is 16.6. The van der Waals surface area contributed by atoms with E-state index in [1.807, 2.05) is 11.9 Å². The van der Waals surface area contributed by atoms with Crippen molar-refractivity contribution in [2.24, 2.45) is 0 Å². The van der Waals surface area contributed by atoms with E-state index in [4.69, 9.17) is 4.74 Å². The number of nitrogens with zero attached hydrogens (tertiary/aromatic N) is 1. The van der Waals surface area contributed by atoms with Crippen molar-refractivity contribution in [3.63, 3.8) is 0 Å². The van der Waals surface area contributed by atoms with Gasteiger partial charge in [-0.05, 0) is 25.1 Å². The number of hydrogen-bond acceptors (Lipinski definition) is 5. The third-order valence-corrected chi connectivity index (χ3v) is 2.78. The molecule has 0 atom stereocenters. The van der Waals surface area contributed by atoms with Gasteiger partial charge in [0.1, 0.15) is 11.4 Å². The molecule has 8 heteroatoms. The van der Waals surface area contributed by atoms with Gasteiger partial charge in [0.15, 0.2) is 0 Å². The molecule has 1 aromatic carbocycles. The Morgan fingerprint density at radius 2 is 1.95 bits per heavy atom. The third-order valence-electron chi connectivity index (χ3n) is 2.78. The number of nitro groups is 1. The number of nitrogens with one attached hydrogen (secondary N) is 2. The zero-order valence-corrected chi connectivity index (χ0v) is 11.7. The molecular formula is C14H13N3O5. The van der Waals surface area contributed by atoms with Crippen molar-refractivity contribution in [3.8, 4) is 5.75 Å². The zero-order valence-electron chi connectivity index (χ0n) is 11.7. The van der Waals surface area contributed by atoms with E-state index in [0.717, 1.165) is 0 Å². The summed E-state index contributed by atoms with van der Waals surface area (Å²) in [5.74, 6) is 0.594. The fourth-order valence-electron chi connectivity index (χ4n) is 1.88. The van der Waals surface area contributed by atoms with E-state index >= 15 is 0 Å². The lowest BCUT2D eigenvalue weighted by molar-refractivity contribution is -0.386. The van der Waals surface area contributed by atoms with Crippen molar-refractivity contribution < 1.29 is 9.66 Å². The summed E-state index contributed by atoms with van der Waals surface area (Å²) >= 11 is 0. The quantitative estimate of drug-likeness (QED) is 0.641. The van der Waals surface area contributed by atoms with Crippen LogP contribution in [0.1, 0.15) is 18.2 Å². The van der Waals surface area contributed by atoms with Crippen LogP contribution in [0.3, 0.4) is 0 Å². The summed E-state index contributed by atoms with van der Waals surface area (Å²) in [6.07, 6.45) is 2.83. The number of benzene rings is 1. The maximum absolute atomic E-state index is 11.5. The normalized spacial score (nSPS) is 10.8. The highest BCUT2D eigenvalue weighted by molar-refractivity contribution is 5.74. The summed E-state index contributed by atoms with van der Waals surface area (Å²) in [7, 11) is 0. The molecule has 2 aromatic rings. The van der Waals surface area contributed by atoms with Gasteiger partial charge in [0.2, 0.25) is 0 Å². The highest BCUT2D eigenvalue weighted by Gasteiger charge is 2.18. The van der Waals surface area contributed by atoms with E-state index in [9.17, 15) is 19.7 Å². The van der Waals surface area contributed by atoms with Crippen LogP contribution in [0.4, 0.5) is 5.69 Å². The van der Waals surface area contributed by atoms with E-state index < -0.39 is 21.9 Å². The number of hydrogen-bond donors (Lipinski definition) is 2. The minimum atomic E-state index is -1.05. The van der Waals surface area contributed by atoms with E-state index in [1.54, 1.807) is 24.3 Å². The average Bonchev–Trinajstić information content (AvgIpc) is 2.45. The Hall–Kier alpha value is -3.16. The SMILES string of the molecule is CCOc1ccccc1C=Cc1[nH]c(=O)[nH]c(=O)c1[N+](=O)[O-]. The van der Waals surface area contributed by atoms with Gasteiger partial charge in [0, 0.05) is 5.56 Å². The molecule has 22 heavy (non-hydrogen) atoms. The molecule has 0 bridgehead atoms. The average molecular weight is 303 g/mol. The molecule has 0 aliphatic heterocycles. The Morgan fingerprint density at radius 1 is 1.23 bits per heavy atom. The number of ether oxygens (including phenoxy) is 1. The number of para-hydroxylation sites is 1. The fourth-order valence-corrected chi connectivity index (χ4v) is 1.88. The topological polar surface area (TPSA) is 118 Å². The summed E-state index contributed by atoms with van der Waals surface area (Å²) in [6.45, 7) is 2.30. The van der Waals surface area contributed by atoms with Crippen LogP contribution in [0.25, 0.3) is 12.2 Å². The van der Waals surface area contributed by atoms with Crippen molar-refractivity contribution in [1.82, 2.24) is 9.97 Å². The minimum absolute atomic E-state index is 0.176. The van der Waals surface area contributed by atoms with Crippen LogP contribution < -0.4 is 16.0 Å². The standard InChI is InChI=1S/C14H13N3O5/c1-2-22-11-6-4-3-5-9(11)7-8-10-12(17(20)21)13(18)16-14(19)15-10/h3-8H,2H2,1H3,(H2,15,16,18,19). The van der Waals surface area contributed by atoms with Gasteiger partial charge in [-0.3, -0.25) is 19.9 Å². The van der Waals surface area contributed by atoms with E-state index in [2.05, 4.69) is 4.98 Å². The molecule has 1 heterocycles. The highest BCUT2D eigenvalue weighted by Crippen LogP contribution is 2.21. The van der Waals surface area contributed by atoms with Crippen LogP contribution in [0.15, 0.2) is 33.9 Å². The van der Waals surface area contributed by atoms with Crippen molar-refractivity contribution in [2.75, 3.05) is 6.61 Å². The molecule has 2 N–H and O–H groups in total. The van der Waals surface area contributed by atoms with Gasteiger partial charge in [-0.1, -0.05) is 18.2 Å². The second kappa shape index (κ2) is 6.53. The van der Waals surface area contributed by atoms with Crippen molar-refractivity contribution in [1.29, 1.82) is 0 Å². The van der Waals surface area contributed by atoms with E-state index in [1.165, 1.54) is 12.2 Å². The first-order chi connectivity index (χ1) is 10.5. The predicted octanol–water partition coefficient (Wildman–Crippen LogP) is 1.54. The van der Waals surface area contributed by atoms with Crippen molar-refractivity contribution in [3.05, 3.63) is 66.5 Å². The first-order valence-corrected chi connectivity index (χ1v) is 6.43. The second-order valence-electron chi connectivity index (χ2n) is 4.23. The van der Waals surface area contributed by atoms with Crippen LogP contribution in [0, 0.1) is 10.1 Å². The van der Waals surface area contributed by atoms with E-state index in [-0.39, 0.29) is 5.69 Å². The summed E-state index contributed by atoms with van der Waals surface area (Å²) in [6, 6.07) is 7.06. The Morgan fingerprint density at radius 3 is 2.64 bits per heavy atom. The molecule has 0 spiro atoms. The van der Waals surface area contributed by atoms with Gasteiger partial charge >= 0.3 is 16.9 Å². The molecule has 0 saturated heterocycles. The fraction of sp³-hybridized carbons (Fsp3) is 0.143. The Kier molecular flexibility index (Phi) is 4.52. The summed E-state index contributed by atoms with van der Waals surface area (Å²) in [5.41, 5.74) is -2.09. The largest absolute Gasteiger partial charge is 0.493 e. The molecule has 0 amide bonds. The first-order valence-electron chi connectivity index (χ1n) is 6.43.